The molecule has 0 aliphatic heterocycles. The Morgan fingerprint density at radius 1 is 1.29 bits per heavy atom. The van der Waals surface area contributed by atoms with Crippen LogP contribution < -0.4 is 5.69 Å². The Labute approximate surface area is 125 Å². The molecule has 0 unspecified atom stereocenters. The molecule has 0 aromatic carbocycles. The van der Waals surface area contributed by atoms with Crippen LogP contribution in [0.3, 0.4) is 0 Å². The van der Waals surface area contributed by atoms with Crippen molar-refractivity contribution >= 4 is 17.5 Å². The van der Waals surface area contributed by atoms with Crippen molar-refractivity contribution in [2.45, 2.75) is 40.0 Å². The first kappa shape index (κ1) is 15.3. The lowest BCUT2D eigenvalue weighted by Gasteiger charge is -2.15. The van der Waals surface area contributed by atoms with Crippen LogP contribution in [0.1, 0.15) is 36.6 Å². The molecule has 0 saturated carbocycles. The topological polar surface area (TPSA) is 98.0 Å². The van der Waals surface area contributed by atoms with Crippen LogP contribution in [0.4, 0.5) is 0 Å². The third-order valence-electron chi connectivity index (χ3n) is 3.09. The minimum Gasteiger partial charge on any atom is -0.481 e. The highest BCUT2D eigenvalue weighted by Gasteiger charge is 2.20. The Morgan fingerprint density at radius 3 is 2.48 bits per heavy atom. The van der Waals surface area contributed by atoms with Crippen molar-refractivity contribution in [3.05, 3.63) is 33.3 Å². The first-order chi connectivity index (χ1) is 9.97. The Kier molecular flexibility index (Phi) is 4.46. The molecule has 2 aromatic rings. The molecule has 0 aliphatic carbocycles. The molecule has 112 valence electrons. The van der Waals surface area contributed by atoms with E-state index in [1.54, 1.807) is 6.92 Å². The quantitative estimate of drug-likeness (QED) is 0.889. The van der Waals surface area contributed by atoms with Gasteiger partial charge < -0.3 is 5.11 Å². The predicted molar refractivity (Wildman–Crippen MR) is 78.1 cm³/mol. The summed E-state index contributed by atoms with van der Waals surface area (Å²) in [6, 6.07) is 0. The van der Waals surface area contributed by atoms with Gasteiger partial charge in [-0.25, -0.2) is 14.3 Å². The fourth-order valence-corrected chi connectivity index (χ4v) is 2.94. The molecular formula is C13H16N4O3S. The zero-order valence-corrected chi connectivity index (χ0v) is 12.9. The number of rotatable bonds is 5. The zero-order chi connectivity index (χ0) is 15.6. The first-order valence-corrected chi connectivity index (χ1v) is 7.41. The van der Waals surface area contributed by atoms with Crippen molar-refractivity contribution < 1.29 is 9.90 Å². The molecule has 0 saturated heterocycles. The van der Waals surface area contributed by atoms with E-state index in [4.69, 9.17) is 5.11 Å². The van der Waals surface area contributed by atoms with Gasteiger partial charge in [0.2, 0.25) is 5.13 Å². The molecule has 0 fully saturated rings. The molecule has 0 amide bonds. The van der Waals surface area contributed by atoms with Gasteiger partial charge in [0.25, 0.3) is 0 Å². The highest BCUT2D eigenvalue weighted by atomic mass is 32.1. The molecule has 2 heterocycles. The Hall–Kier alpha value is -2.09. The zero-order valence-electron chi connectivity index (χ0n) is 12.1. The van der Waals surface area contributed by atoms with Gasteiger partial charge in [0.05, 0.1) is 12.1 Å². The molecule has 0 aliphatic rings. The highest BCUT2D eigenvalue weighted by molar-refractivity contribution is 7.08. The average molecular weight is 308 g/mol. The van der Waals surface area contributed by atoms with Crippen molar-refractivity contribution in [1.82, 2.24) is 18.9 Å². The van der Waals surface area contributed by atoms with Crippen LogP contribution in [-0.2, 0) is 24.1 Å². The van der Waals surface area contributed by atoms with Gasteiger partial charge >= 0.3 is 11.7 Å². The number of nitrogens with zero attached hydrogens (tertiary/aromatic N) is 4. The minimum atomic E-state index is -0.945. The Balaban J connectivity index is 2.75. The van der Waals surface area contributed by atoms with Gasteiger partial charge in [0.15, 0.2) is 0 Å². The van der Waals surface area contributed by atoms with Crippen molar-refractivity contribution in [2.75, 3.05) is 0 Å². The summed E-state index contributed by atoms with van der Waals surface area (Å²) in [5.41, 5.74) is 1.34. The van der Waals surface area contributed by atoms with E-state index in [1.807, 2.05) is 13.8 Å². The summed E-state index contributed by atoms with van der Waals surface area (Å²) < 4.78 is 5.45. The molecule has 1 N–H and O–H groups in total. The van der Waals surface area contributed by atoms with E-state index in [-0.39, 0.29) is 6.42 Å². The molecule has 0 atom stereocenters. The second-order valence-corrected chi connectivity index (χ2v) is 5.23. The van der Waals surface area contributed by atoms with Crippen molar-refractivity contribution in [1.29, 1.82) is 0 Å². The predicted octanol–water partition coefficient (Wildman–Crippen LogP) is 1.14. The minimum absolute atomic E-state index is 0.155. The summed E-state index contributed by atoms with van der Waals surface area (Å²) in [5.74, 6) is -0.372. The van der Waals surface area contributed by atoms with Gasteiger partial charge in [-0.3, -0.25) is 4.79 Å². The number of carboxylic acids is 1. The second-order valence-electron chi connectivity index (χ2n) is 4.50. The summed E-state index contributed by atoms with van der Waals surface area (Å²) in [6.07, 6.45) is 0.879. The Bertz CT molecular complexity index is 736. The number of aromatic nitrogens is 4. The Morgan fingerprint density at radius 2 is 2.00 bits per heavy atom. The largest absolute Gasteiger partial charge is 0.481 e. The number of carbonyl (C=O) groups is 1. The fraction of sp³-hybridized carbons (Fsp3) is 0.462. The second kappa shape index (κ2) is 6.13. The summed E-state index contributed by atoms with van der Waals surface area (Å²) in [7, 11) is 0. The molecule has 0 bridgehead atoms. The van der Waals surface area contributed by atoms with Crippen LogP contribution in [0.5, 0.6) is 0 Å². The summed E-state index contributed by atoms with van der Waals surface area (Å²) >= 11 is 1.10. The lowest BCUT2D eigenvalue weighted by atomic mass is 10.0. The number of hydrogen-bond donors (Lipinski definition) is 1. The summed E-state index contributed by atoms with van der Waals surface area (Å²) in [6.45, 7) is 5.47. The third kappa shape index (κ3) is 2.99. The molecule has 2 aromatic heterocycles. The number of aliphatic carboxylic acids is 1. The van der Waals surface area contributed by atoms with Crippen LogP contribution in [0.25, 0.3) is 5.13 Å². The highest BCUT2D eigenvalue weighted by Crippen LogP contribution is 2.18. The van der Waals surface area contributed by atoms with E-state index < -0.39 is 11.7 Å². The number of aryl methyl sites for hydroxylation is 2. The standard InChI is InChI=1S/C13H16N4O3S/c1-4-9-8(6-11(18)19)10(5-2)17(12(20)15-9)13-14-7(3)16-21-13/h4-6H2,1-3H3,(H,18,19). The van der Waals surface area contributed by atoms with E-state index in [9.17, 15) is 9.59 Å². The van der Waals surface area contributed by atoms with Crippen molar-refractivity contribution in [2.24, 2.45) is 0 Å². The van der Waals surface area contributed by atoms with Crippen molar-refractivity contribution in [3.8, 4) is 5.13 Å². The maximum atomic E-state index is 12.3. The van der Waals surface area contributed by atoms with E-state index in [1.165, 1.54) is 4.57 Å². The molecule has 7 nitrogen and oxygen atoms in total. The van der Waals surface area contributed by atoms with Crippen molar-refractivity contribution in [3.63, 3.8) is 0 Å². The normalized spacial score (nSPS) is 10.8. The smallest absolute Gasteiger partial charge is 0.354 e. The van der Waals surface area contributed by atoms with E-state index >= 15 is 0 Å². The molecule has 0 radical (unpaired) electrons. The van der Waals surface area contributed by atoms with E-state index in [0.29, 0.717) is 40.7 Å². The average Bonchev–Trinajstić information content (AvgIpc) is 2.85. The van der Waals surface area contributed by atoms with Crippen LogP contribution in [0, 0.1) is 6.92 Å². The van der Waals surface area contributed by atoms with E-state index in [2.05, 4.69) is 14.3 Å². The first-order valence-electron chi connectivity index (χ1n) is 6.64. The third-order valence-corrected chi connectivity index (χ3v) is 3.89. The van der Waals surface area contributed by atoms with Gasteiger partial charge in [0.1, 0.15) is 5.82 Å². The molecular weight excluding hydrogens is 292 g/mol. The number of carboxylic acid groups (broad SMARTS) is 1. The number of hydrogen-bond acceptors (Lipinski definition) is 6. The maximum Gasteiger partial charge on any atom is 0.354 e. The van der Waals surface area contributed by atoms with Crippen LogP contribution >= 0.6 is 11.5 Å². The van der Waals surface area contributed by atoms with Gasteiger partial charge in [-0.1, -0.05) is 13.8 Å². The van der Waals surface area contributed by atoms with Gasteiger partial charge in [-0.05, 0) is 19.8 Å². The lowest BCUT2D eigenvalue weighted by Crippen LogP contribution is -2.29. The molecule has 2 rings (SSSR count). The molecule has 0 spiro atoms. The SMILES string of the molecule is CCc1nc(=O)n(-c2nc(C)ns2)c(CC)c1CC(=O)O. The van der Waals surface area contributed by atoms with E-state index in [0.717, 1.165) is 11.5 Å². The van der Waals surface area contributed by atoms with Gasteiger partial charge in [-0.2, -0.15) is 9.36 Å². The fourth-order valence-electron chi connectivity index (χ4n) is 2.24. The van der Waals surface area contributed by atoms with Crippen LogP contribution in [0.2, 0.25) is 0 Å². The lowest BCUT2D eigenvalue weighted by molar-refractivity contribution is -0.136. The van der Waals surface area contributed by atoms with Gasteiger partial charge in [0, 0.05) is 22.8 Å². The molecule has 8 heteroatoms. The summed E-state index contributed by atoms with van der Waals surface area (Å²) in [4.78, 5) is 31.6. The van der Waals surface area contributed by atoms with Gasteiger partial charge in [-0.15, -0.1) is 0 Å². The van der Waals surface area contributed by atoms with Crippen LogP contribution in [0.15, 0.2) is 4.79 Å². The maximum absolute atomic E-state index is 12.3. The summed E-state index contributed by atoms with van der Waals surface area (Å²) in [5, 5.41) is 9.53. The van der Waals surface area contributed by atoms with Crippen LogP contribution in [-0.4, -0.2) is 30.0 Å². The molecule has 21 heavy (non-hydrogen) atoms. The monoisotopic (exact) mass is 308 g/mol.